The molecule has 0 saturated carbocycles. The van der Waals surface area contributed by atoms with Crippen molar-refractivity contribution in [2.75, 3.05) is 0 Å². The van der Waals surface area contributed by atoms with E-state index in [1.165, 1.54) is 24.3 Å². The van der Waals surface area contributed by atoms with Crippen LogP contribution in [-0.4, -0.2) is 20.4 Å². The third-order valence-electron chi connectivity index (χ3n) is 4.74. The lowest BCUT2D eigenvalue weighted by Gasteiger charge is -2.12. The standard InChI is InChI=1S/C23H18O6/c1-12-3-2-4-13(5-12)6-14-7-17(25)18(26)10-16(14)21-11-20(28)23-19(27)8-15(24)9-22(23)29-21/h2-5,7-11,24-27H,6H2,1H3. The first-order chi connectivity index (χ1) is 13.8. The largest absolute Gasteiger partial charge is 0.508 e. The van der Waals surface area contributed by atoms with Crippen LogP contribution in [-0.2, 0) is 6.42 Å². The van der Waals surface area contributed by atoms with Gasteiger partial charge < -0.3 is 24.8 Å². The highest BCUT2D eigenvalue weighted by Gasteiger charge is 2.17. The van der Waals surface area contributed by atoms with E-state index < -0.39 is 5.43 Å². The van der Waals surface area contributed by atoms with Crippen LogP contribution in [0.3, 0.4) is 0 Å². The van der Waals surface area contributed by atoms with Crippen molar-refractivity contribution in [3.63, 3.8) is 0 Å². The van der Waals surface area contributed by atoms with Crippen LogP contribution >= 0.6 is 0 Å². The van der Waals surface area contributed by atoms with E-state index >= 15 is 0 Å². The Balaban J connectivity index is 1.92. The van der Waals surface area contributed by atoms with Crippen LogP contribution in [0.4, 0.5) is 0 Å². The molecule has 0 atom stereocenters. The van der Waals surface area contributed by atoms with E-state index in [2.05, 4.69) is 0 Å². The predicted octanol–water partition coefficient (Wildman–Crippen LogP) is 4.18. The molecule has 6 heteroatoms. The second-order valence-corrected chi connectivity index (χ2v) is 6.98. The van der Waals surface area contributed by atoms with Crippen molar-refractivity contribution in [2.45, 2.75) is 13.3 Å². The van der Waals surface area contributed by atoms with E-state index in [1.54, 1.807) is 0 Å². The Hall–Kier alpha value is -3.93. The Morgan fingerprint density at radius 1 is 0.862 bits per heavy atom. The fraction of sp³-hybridized carbons (Fsp3) is 0.0870. The van der Waals surface area contributed by atoms with Gasteiger partial charge in [0.15, 0.2) is 16.9 Å². The second kappa shape index (κ2) is 6.91. The molecular formula is C23H18O6. The van der Waals surface area contributed by atoms with E-state index in [0.29, 0.717) is 17.5 Å². The highest BCUT2D eigenvalue weighted by Crippen LogP contribution is 2.37. The number of phenolic OH excluding ortho intramolecular Hbond substituents is 4. The summed E-state index contributed by atoms with van der Waals surface area (Å²) in [4.78, 5) is 12.6. The van der Waals surface area contributed by atoms with Gasteiger partial charge in [0.05, 0.1) is 0 Å². The minimum atomic E-state index is -0.493. The van der Waals surface area contributed by atoms with Crippen molar-refractivity contribution in [3.8, 4) is 34.3 Å². The van der Waals surface area contributed by atoms with Crippen molar-refractivity contribution < 1.29 is 24.8 Å². The molecule has 0 saturated heterocycles. The van der Waals surface area contributed by atoms with Crippen LogP contribution in [0.2, 0.25) is 0 Å². The van der Waals surface area contributed by atoms with E-state index in [4.69, 9.17) is 4.42 Å². The van der Waals surface area contributed by atoms with Gasteiger partial charge in [-0.1, -0.05) is 29.8 Å². The van der Waals surface area contributed by atoms with Gasteiger partial charge in [-0.25, -0.2) is 0 Å². The van der Waals surface area contributed by atoms with Gasteiger partial charge in [-0.3, -0.25) is 4.79 Å². The maximum Gasteiger partial charge on any atom is 0.197 e. The van der Waals surface area contributed by atoms with Crippen LogP contribution in [0.25, 0.3) is 22.3 Å². The molecule has 29 heavy (non-hydrogen) atoms. The summed E-state index contributed by atoms with van der Waals surface area (Å²) in [5.41, 5.74) is 2.64. The molecule has 0 spiro atoms. The first-order valence-corrected chi connectivity index (χ1v) is 8.92. The van der Waals surface area contributed by atoms with Crippen LogP contribution in [0.1, 0.15) is 16.7 Å². The number of fused-ring (bicyclic) bond motifs is 1. The summed E-state index contributed by atoms with van der Waals surface area (Å²) in [5, 5.41) is 39.6. The molecule has 0 aliphatic heterocycles. The van der Waals surface area contributed by atoms with Gasteiger partial charge in [0.25, 0.3) is 0 Å². The number of hydrogen-bond donors (Lipinski definition) is 4. The first kappa shape index (κ1) is 18.4. The molecule has 0 amide bonds. The lowest BCUT2D eigenvalue weighted by atomic mass is 9.96. The molecule has 0 radical (unpaired) electrons. The molecule has 0 aliphatic rings. The maximum atomic E-state index is 12.6. The number of benzene rings is 3. The summed E-state index contributed by atoms with van der Waals surface area (Å²) < 4.78 is 5.77. The SMILES string of the molecule is Cc1cccc(Cc2cc(O)c(O)cc2-c2cc(=O)c3c(O)cc(O)cc3o2)c1. The summed E-state index contributed by atoms with van der Waals surface area (Å²) in [7, 11) is 0. The maximum absolute atomic E-state index is 12.6. The minimum absolute atomic E-state index is 0.0130. The van der Waals surface area contributed by atoms with E-state index in [9.17, 15) is 25.2 Å². The Morgan fingerprint density at radius 2 is 1.62 bits per heavy atom. The Morgan fingerprint density at radius 3 is 2.38 bits per heavy atom. The molecule has 0 unspecified atom stereocenters. The smallest absolute Gasteiger partial charge is 0.197 e. The fourth-order valence-electron chi connectivity index (χ4n) is 3.42. The zero-order valence-electron chi connectivity index (χ0n) is 15.5. The number of phenols is 4. The summed E-state index contributed by atoms with van der Waals surface area (Å²) >= 11 is 0. The highest BCUT2D eigenvalue weighted by molar-refractivity contribution is 5.86. The van der Waals surface area contributed by atoms with Crippen LogP contribution in [0.5, 0.6) is 23.0 Å². The zero-order valence-corrected chi connectivity index (χ0v) is 15.5. The molecule has 4 rings (SSSR count). The van der Waals surface area contributed by atoms with Gasteiger partial charge in [-0.15, -0.1) is 0 Å². The molecule has 1 aromatic heterocycles. The minimum Gasteiger partial charge on any atom is -0.508 e. The molecule has 6 nitrogen and oxygen atoms in total. The molecule has 146 valence electrons. The molecule has 3 aromatic carbocycles. The van der Waals surface area contributed by atoms with Gasteiger partial charge in [0.2, 0.25) is 0 Å². The Labute approximate surface area is 165 Å². The quantitative estimate of drug-likeness (QED) is 0.391. The molecule has 0 fully saturated rings. The van der Waals surface area contributed by atoms with Gasteiger partial charge in [0, 0.05) is 23.8 Å². The highest BCUT2D eigenvalue weighted by atomic mass is 16.3. The number of rotatable bonds is 3. The summed E-state index contributed by atoms with van der Waals surface area (Å²) in [6.45, 7) is 1.97. The molecule has 0 bridgehead atoms. The number of aryl methyl sites for hydroxylation is 1. The van der Waals surface area contributed by atoms with Crippen molar-refractivity contribution in [2.24, 2.45) is 0 Å². The molecule has 0 aliphatic carbocycles. The normalized spacial score (nSPS) is 11.1. The van der Waals surface area contributed by atoms with Crippen molar-refractivity contribution >= 4 is 11.0 Å². The van der Waals surface area contributed by atoms with E-state index in [1.807, 2.05) is 31.2 Å². The lowest BCUT2D eigenvalue weighted by Crippen LogP contribution is -2.02. The monoisotopic (exact) mass is 390 g/mol. The first-order valence-electron chi connectivity index (χ1n) is 8.92. The third-order valence-corrected chi connectivity index (χ3v) is 4.74. The average molecular weight is 390 g/mol. The summed E-state index contributed by atoms with van der Waals surface area (Å²) in [6.07, 6.45) is 0.428. The molecular weight excluding hydrogens is 372 g/mol. The third kappa shape index (κ3) is 3.48. The average Bonchev–Trinajstić information content (AvgIpc) is 2.63. The zero-order chi connectivity index (χ0) is 20.7. The van der Waals surface area contributed by atoms with Crippen LogP contribution < -0.4 is 5.43 Å². The summed E-state index contributed by atoms with van der Waals surface area (Å²) in [5.74, 6) is -1.12. The van der Waals surface area contributed by atoms with Gasteiger partial charge in [0.1, 0.15) is 28.2 Å². The van der Waals surface area contributed by atoms with Crippen molar-refractivity contribution in [3.05, 3.63) is 81.5 Å². The molecule has 1 heterocycles. The van der Waals surface area contributed by atoms with Crippen molar-refractivity contribution in [1.29, 1.82) is 0 Å². The Kier molecular flexibility index (Phi) is 4.39. The molecule has 4 aromatic rings. The van der Waals surface area contributed by atoms with Crippen molar-refractivity contribution in [1.82, 2.24) is 0 Å². The number of hydrogen-bond acceptors (Lipinski definition) is 6. The Bertz CT molecular complexity index is 1300. The molecule has 4 N–H and O–H groups in total. The van der Waals surface area contributed by atoms with E-state index in [-0.39, 0.29) is 39.7 Å². The second-order valence-electron chi connectivity index (χ2n) is 6.98. The topological polar surface area (TPSA) is 111 Å². The van der Waals surface area contributed by atoms with E-state index in [0.717, 1.165) is 17.2 Å². The summed E-state index contributed by atoms with van der Waals surface area (Å²) in [6, 6.07) is 14.1. The van der Waals surface area contributed by atoms with Crippen LogP contribution in [0.15, 0.2) is 63.8 Å². The van der Waals surface area contributed by atoms with Gasteiger partial charge >= 0.3 is 0 Å². The van der Waals surface area contributed by atoms with Gasteiger partial charge in [-0.05, 0) is 36.6 Å². The van der Waals surface area contributed by atoms with Gasteiger partial charge in [-0.2, -0.15) is 0 Å². The number of aromatic hydroxyl groups is 4. The van der Waals surface area contributed by atoms with Crippen LogP contribution in [0, 0.1) is 6.92 Å². The lowest BCUT2D eigenvalue weighted by molar-refractivity contribution is 0.403. The predicted molar refractivity (Wildman–Crippen MR) is 109 cm³/mol. The fourth-order valence-corrected chi connectivity index (χ4v) is 3.42.